The van der Waals surface area contributed by atoms with Gasteiger partial charge in [-0.3, -0.25) is 9.11 Å². The highest BCUT2D eigenvalue weighted by Gasteiger charge is 2.18. The Hall–Kier alpha value is -2.55. The van der Waals surface area contributed by atoms with Crippen LogP contribution in [0.4, 0.5) is 11.4 Å². The van der Waals surface area contributed by atoms with Gasteiger partial charge in [-0.2, -0.15) is 16.8 Å². The van der Waals surface area contributed by atoms with E-state index in [1.54, 1.807) is 13.0 Å². The number of hydrogen-bond donors (Lipinski definition) is 3. The fourth-order valence-electron chi connectivity index (χ4n) is 2.72. The molecule has 30 heavy (non-hydrogen) atoms. The lowest BCUT2D eigenvalue weighted by Crippen LogP contribution is -1.99. The Labute approximate surface area is 174 Å². The van der Waals surface area contributed by atoms with E-state index >= 15 is 0 Å². The molecule has 3 rings (SSSR count). The Kier molecular flexibility index (Phi) is 5.86. The number of fused-ring (bicyclic) bond motifs is 1. The molecule has 0 aromatic heterocycles. The molecule has 3 N–H and O–H groups in total. The summed E-state index contributed by atoms with van der Waals surface area (Å²) in [4.78, 5) is -1.16. The van der Waals surface area contributed by atoms with Crippen molar-refractivity contribution < 1.29 is 34.7 Å². The summed E-state index contributed by atoms with van der Waals surface area (Å²) < 4.78 is 85.2. The summed E-state index contributed by atoms with van der Waals surface area (Å²) in [6.07, 6.45) is 0. The second kappa shape index (κ2) is 7.94. The van der Waals surface area contributed by atoms with Gasteiger partial charge in [0.25, 0.3) is 20.2 Å². The lowest BCUT2D eigenvalue weighted by Gasteiger charge is -2.07. The van der Waals surface area contributed by atoms with E-state index in [-0.39, 0.29) is 15.5 Å². The van der Waals surface area contributed by atoms with Crippen molar-refractivity contribution >= 4 is 53.5 Å². The zero-order valence-electron chi connectivity index (χ0n) is 15.1. The van der Waals surface area contributed by atoms with Crippen LogP contribution in [0.5, 0.6) is 0 Å². The van der Waals surface area contributed by atoms with E-state index < -0.39 is 41.9 Å². The maximum absolute atomic E-state index is 11.6. The molecule has 1 unspecified atom stereocenters. The molecule has 0 radical (unpaired) electrons. The second-order valence-electron chi connectivity index (χ2n) is 6.14. The van der Waals surface area contributed by atoms with Crippen LogP contribution < -0.4 is 0 Å². The summed E-state index contributed by atoms with van der Waals surface area (Å²) in [6, 6.07) is 9.99. The van der Waals surface area contributed by atoms with Crippen LogP contribution in [0.3, 0.4) is 0 Å². The number of hydrogen-bond acceptors (Lipinski definition) is 7. The third-order valence-corrected chi connectivity index (χ3v) is 6.56. The van der Waals surface area contributed by atoms with Gasteiger partial charge in [-0.25, -0.2) is 4.21 Å². The van der Waals surface area contributed by atoms with Gasteiger partial charge in [0.1, 0.15) is 10.6 Å². The van der Waals surface area contributed by atoms with Crippen molar-refractivity contribution in [2.45, 2.75) is 21.6 Å². The van der Waals surface area contributed by atoms with Gasteiger partial charge in [0.05, 0.1) is 15.5 Å². The van der Waals surface area contributed by atoms with Crippen molar-refractivity contribution in [2.24, 2.45) is 10.2 Å². The van der Waals surface area contributed by atoms with Crippen LogP contribution in [0.15, 0.2) is 73.4 Å². The average Bonchev–Trinajstić information content (AvgIpc) is 2.65. The van der Waals surface area contributed by atoms with Crippen molar-refractivity contribution in [1.82, 2.24) is 0 Å². The molecule has 3 aromatic rings. The predicted octanol–water partition coefficient (Wildman–Crippen LogP) is 3.64. The quantitative estimate of drug-likeness (QED) is 0.288. The van der Waals surface area contributed by atoms with Gasteiger partial charge in [0.2, 0.25) is 0 Å². The topological polar surface area (TPSA) is 171 Å². The molecule has 0 saturated heterocycles. The highest BCUT2D eigenvalue weighted by Crippen LogP contribution is 2.33. The van der Waals surface area contributed by atoms with Gasteiger partial charge in [0, 0.05) is 5.39 Å². The van der Waals surface area contributed by atoms with Crippen LogP contribution in [0.25, 0.3) is 10.8 Å². The number of benzene rings is 3. The molecule has 0 bridgehead atoms. The zero-order chi connectivity index (χ0) is 22.3. The first kappa shape index (κ1) is 22.1. The maximum atomic E-state index is 11.6. The van der Waals surface area contributed by atoms with Crippen molar-refractivity contribution in [1.29, 1.82) is 0 Å². The minimum atomic E-state index is -4.70. The molecule has 13 heteroatoms. The third-order valence-electron chi connectivity index (χ3n) is 4.16. The molecule has 0 fully saturated rings. The van der Waals surface area contributed by atoms with E-state index in [1.165, 1.54) is 24.3 Å². The van der Waals surface area contributed by atoms with E-state index in [0.717, 1.165) is 23.8 Å². The SMILES string of the molecule is Cc1ccc(N=Nc2cc(S(=O)O)ccc2S(=O)(=O)O)c2cc(S(=O)(=O)O)ccc12. The molecule has 0 aliphatic heterocycles. The third kappa shape index (κ3) is 4.61. The molecule has 3 aromatic carbocycles. The normalized spacial score (nSPS) is 13.7. The molecule has 10 nitrogen and oxygen atoms in total. The molecule has 0 saturated carbocycles. The van der Waals surface area contributed by atoms with Crippen LogP contribution in [0, 0.1) is 6.92 Å². The van der Waals surface area contributed by atoms with Crippen molar-refractivity contribution in [2.75, 3.05) is 0 Å². The predicted molar refractivity (Wildman–Crippen MR) is 108 cm³/mol. The molecular formula is C17H14N2O8S3. The van der Waals surface area contributed by atoms with E-state index in [1.807, 2.05) is 0 Å². The minimum absolute atomic E-state index is 0.137. The molecule has 0 spiro atoms. The Morgan fingerprint density at radius 1 is 0.800 bits per heavy atom. The standard InChI is InChI=1S/C17H14N2O8S3/c1-10-2-6-15(14-9-12(29(22,23)24)4-5-13(10)14)18-19-16-8-11(28(20)21)3-7-17(16)30(25,26)27/h2-9H,1H3,(H,20,21)(H,22,23,24)(H,25,26,27). The van der Waals surface area contributed by atoms with Crippen LogP contribution in [0.2, 0.25) is 0 Å². The first-order valence-electron chi connectivity index (χ1n) is 8.03. The largest absolute Gasteiger partial charge is 0.302 e. The lowest BCUT2D eigenvalue weighted by molar-refractivity contribution is 0.481. The summed E-state index contributed by atoms with van der Waals surface area (Å²) >= 11 is -2.43. The van der Waals surface area contributed by atoms with Crippen molar-refractivity contribution in [3.8, 4) is 0 Å². The zero-order valence-corrected chi connectivity index (χ0v) is 17.6. The van der Waals surface area contributed by atoms with Crippen LogP contribution in [-0.2, 0) is 31.3 Å². The molecule has 0 aliphatic carbocycles. The number of azo groups is 1. The van der Waals surface area contributed by atoms with Crippen molar-refractivity contribution in [3.63, 3.8) is 0 Å². The minimum Gasteiger partial charge on any atom is -0.302 e. The van der Waals surface area contributed by atoms with E-state index in [9.17, 15) is 34.7 Å². The van der Waals surface area contributed by atoms with Gasteiger partial charge < -0.3 is 4.55 Å². The highest BCUT2D eigenvalue weighted by atomic mass is 32.2. The fourth-order valence-corrected chi connectivity index (χ4v) is 4.23. The molecule has 0 amide bonds. The smallest absolute Gasteiger partial charge is 0.296 e. The molecular weight excluding hydrogens is 456 g/mol. The summed E-state index contributed by atoms with van der Waals surface area (Å²) in [5.74, 6) is 0. The summed E-state index contributed by atoms with van der Waals surface area (Å²) in [5, 5.41) is 8.64. The van der Waals surface area contributed by atoms with E-state index in [0.29, 0.717) is 10.8 Å². The number of aryl methyl sites for hydroxylation is 1. The number of nitrogens with zero attached hydrogens (tertiary/aromatic N) is 2. The van der Waals surface area contributed by atoms with E-state index in [4.69, 9.17) is 0 Å². The molecule has 0 heterocycles. The van der Waals surface area contributed by atoms with Gasteiger partial charge in [-0.1, -0.05) is 12.1 Å². The maximum Gasteiger partial charge on any atom is 0.296 e. The Morgan fingerprint density at radius 2 is 1.47 bits per heavy atom. The van der Waals surface area contributed by atoms with Crippen LogP contribution >= 0.6 is 0 Å². The first-order chi connectivity index (χ1) is 13.9. The van der Waals surface area contributed by atoms with Gasteiger partial charge in [0.15, 0.2) is 11.1 Å². The van der Waals surface area contributed by atoms with Gasteiger partial charge >= 0.3 is 0 Å². The van der Waals surface area contributed by atoms with Crippen molar-refractivity contribution in [3.05, 3.63) is 54.1 Å². The molecule has 1 atom stereocenters. The first-order valence-corrected chi connectivity index (χ1v) is 12.0. The fraction of sp³-hybridized carbons (Fsp3) is 0.0588. The van der Waals surface area contributed by atoms with Gasteiger partial charge in [-0.05, 0) is 54.3 Å². The Bertz CT molecular complexity index is 1430. The van der Waals surface area contributed by atoms with E-state index in [2.05, 4.69) is 10.2 Å². The molecule has 0 aliphatic rings. The average molecular weight is 471 g/mol. The molecule has 158 valence electrons. The van der Waals surface area contributed by atoms with Crippen LogP contribution in [-0.4, -0.2) is 34.7 Å². The lowest BCUT2D eigenvalue weighted by atomic mass is 10.0. The van der Waals surface area contributed by atoms with Gasteiger partial charge in [-0.15, -0.1) is 10.2 Å². The summed E-state index contributed by atoms with van der Waals surface area (Å²) in [6.45, 7) is 1.77. The van der Waals surface area contributed by atoms with Crippen LogP contribution in [0.1, 0.15) is 5.56 Å². The Morgan fingerprint density at radius 3 is 2.07 bits per heavy atom. The Balaban J connectivity index is 2.23. The second-order valence-corrected chi connectivity index (χ2v) is 9.92. The monoisotopic (exact) mass is 470 g/mol. The highest BCUT2D eigenvalue weighted by molar-refractivity contribution is 7.86. The number of rotatable bonds is 5. The summed E-state index contributed by atoms with van der Waals surface area (Å²) in [5.41, 5.74) is 0.525. The summed E-state index contributed by atoms with van der Waals surface area (Å²) in [7, 11) is -9.18.